The molecular formula is C29H55NO8. The Morgan fingerprint density at radius 2 is 1.71 bits per heavy atom. The van der Waals surface area contributed by atoms with Crippen LogP contribution in [0, 0.1) is 17.8 Å². The molecule has 0 saturated carbocycles. The standard InChI is InChI=1S/C29H55NO8/c1-11-23-29(8,34)26(31)21(6)30(9)16-17(2)14-28(7,33)15-18(3)25(20(5)27(32)37-23)38-24-13-22(35-10)12-19(4)36-24/h17-26,31,33-34H,11-16H2,1-10H3/t17-,18-,19+,20-,21-,22+,23-,24+,25+,26-,28-,29-/m1/s1. The largest absolute Gasteiger partial charge is 0.459 e. The number of aliphatic hydroxyl groups excluding tert-OH is 1. The van der Waals surface area contributed by atoms with Gasteiger partial charge in [0.2, 0.25) is 0 Å². The van der Waals surface area contributed by atoms with Gasteiger partial charge in [0.05, 0.1) is 29.8 Å². The maximum Gasteiger partial charge on any atom is 0.311 e. The van der Waals surface area contributed by atoms with Gasteiger partial charge in [-0.25, -0.2) is 0 Å². The Balaban J connectivity index is 2.43. The lowest BCUT2D eigenvalue weighted by atomic mass is 9.80. The van der Waals surface area contributed by atoms with E-state index in [2.05, 4.69) is 6.92 Å². The van der Waals surface area contributed by atoms with Crippen molar-refractivity contribution in [1.82, 2.24) is 4.90 Å². The number of carbonyl (C=O) groups is 1. The minimum Gasteiger partial charge on any atom is -0.459 e. The van der Waals surface area contributed by atoms with Crippen LogP contribution >= 0.6 is 0 Å². The van der Waals surface area contributed by atoms with Crippen LogP contribution in [-0.2, 0) is 23.7 Å². The highest BCUT2D eigenvalue weighted by atomic mass is 16.7. The second-order valence-corrected chi connectivity index (χ2v) is 12.8. The molecule has 0 radical (unpaired) electrons. The predicted molar refractivity (Wildman–Crippen MR) is 145 cm³/mol. The molecule has 9 nitrogen and oxygen atoms in total. The van der Waals surface area contributed by atoms with Crippen molar-refractivity contribution in [1.29, 1.82) is 0 Å². The van der Waals surface area contributed by atoms with E-state index in [9.17, 15) is 20.1 Å². The zero-order chi connectivity index (χ0) is 29.0. The number of methoxy groups -OCH3 is 1. The molecule has 12 atom stereocenters. The van der Waals surface area contributed by atoms with Gasteiger partial charge in [-0.2, -0.15) is 0 Å². The summed E-state index contributed by atoms with van der Waals surface area (Å²) in [5, 5.41) is 34.0. The molecule has 2 rings (SSSR count). The van der Waals surface area contributed by atoms with Gasteiger partial charge < -0.3 is 39.2 Å². The minimum absolute atomic E-state index is 0.00688. The third-order valence-electron chi connectivity index (χ3n) is 8.68. The lowest BCUT2D eigenvalue weighted by molar-refractivity contribution is -0.250. The Kier molecular flexibility index (Phi) is 12.0. The SMILES string of the molecule is CC[C@H]1OC(=O)[C@H](C)[C@@H](O[C@H]2C[C@@H](OC)C[C@H](C)O2)[C@H](C)C[C@](C)(O)C[C@@H](C)CN(C)[C@H](C)[C@@H](O)[C@]1(C)O. The Morgan fingerprint density at radius 1 is 1.08 bits per heavy atom. The van der Waals surface area contributed by atoms with E-state index in [1.165, 1.54) is 6.92 Å². The van der Waals surface area contributed by atoms with Crippen molar-refractivity contribution >= 4 is 5.97 Å². The third kappa shape index (κ3) is 8.59. The summed E-state index contributed by atoms with van der Waals surface area (Å²) in [6.07, 6.45) is -0.680. The van der Waals surface area contributed by atoms with Crippen molar-refractivity contribution in [3.05, 3.63) is 0 Å². The van der Waals surface area contributed by atoms with E-state index in [4.69, 9.17) is 18.9 Å². The zero-order valence-electron chi connectivity index (χ0n) is 25.3. The highest BCUT2D eigenvalue weighted by Crippen LogP contribution is 2.35. The summed E-state index contributed by atoms with van der Waals surface area (Å²) in [6.45, 7) is 15.4. The van der Waals surface area contributed by atoms with Crippen LogP contribution in [0.1, 0.15) is 87.5 Å². The summed E-state index contributed by atoms with van der Waals surface area (Å²) in [7, 11) is 3.57. The van der Waals surface area contributed by atoms with Gasteiger partial charge in [0.15, 0.2) is 6.29 Å². The van der Waals surface area contributed by atoms with Crippen LogP contribution in [0.15, 0.2) is 0 Å². The van der Waals surface area contributed by atoms with Crippen LogP contribution in [0.5, 0.6) is 0 Å². The fourth-order valence-electron chi connectivity index (χ4n) is 6.54. The van der Waals surface area contributed by atoms with Crippen molar-refractivity contribution in [2.24, 2.45) is 17.8 Å². The normalized spacial score (nSPS) is 47.1. The molecule has 2 heterocycles. The summed E-state index contributed by atoms with van der Waals surface area (Å²) in [5.74, 6) is -1.30. The number of esters is 1. The number of hydrogen-bond acceptors (Lipinski definition) is 9. The summed E-state index contributed by atoms with van der Waals surface area (Å²) in [4.78, 5) is 15.5. The Labute approximate surface area is 230 Å². The summed E-state index contributed by atoms with van der Waals surface area (Å²) < 4.78 is 24.0. The first-order valence-corrected chi connectivity index (χ1v) is 14.4. The number of aliphatic hydroxyl groups is 3. The number of ether oxygens (including phenoxy) is 4. The molecule has 2 aliphatic rings. The van der Waals surface area contributed by atoms with E-state index < -0.39 is 53.7 Å². The Bertz CT molecular complexity index is 746. The highest BCUT2D eigenvalue weighted by molar-refractivity contribution is 5.73. The molecule has 2 saturated heterocycles. The predicted octanol–water partition coefficient (Wildman–Crippen LogP) is 3.12. The van der Waals surface area contributed by atoms with Crippen LogP contribution in [0.25, 0.3) is 0 Å². The monoisotopic (exact) mass is 545 g/mol. The number of cyclic esters (lactones) is 1. The zero-order valence-corrected chi connectivity index (χ0v) is 25.3. The average Bonchev–Trinajstić information content (AvgIpc) is 2.82. The maximum atomic E-state index is 13.5. The molecule has 0 aromatic rings. The molecule has 3 N–H and O–H groups in total. The molecule has 0 unspecified atom stereocenters. The second kappa shape index (κ2) is 13.7. The Morgan fingerprint density at radius 3 is 2.29 bits per heavy atom. The molecule has 0 bridgehead atoms. The Hall–Kier alpha value is -0.810. The molecule has 0 aliphatic carbocycles. The number of rotatable bonds is 4. The van der Waals surface area contributed by atoms with E-state index in [1.54, 1.807) is 14.0 Å². The minimum atomic E-state index is -1.66. The van der Waals surface area contributed by atoms with Crippen LogP contribution in [0.3, 0.4) is 0 Å². The van der Waals surface area contributed by atoms with Gasteiger partial charge >= 0.3 is 5.97 Å². The van der Waals surface area contributed by atoms with Gasteiger partial charge in [0, 0.05) is 26.1 Å². The number of nitrogens with zero attached hydrogens (tertiary/aromatic N) is 1. The first kappa shape index (κ1) is 33.4. The maximum absolute atomic E-state index is 13.5. The lowest BCUT2D eigenvalue weighted by Gasteiger charge is -2.42. The average molecular weight is 546 g/mol. The van der Waals surface area contributed by atoms with Crippen LogP contribution in [-0.4, -0.2) is 101 Å². The van der Waals surface area contributed by atoms with E-state index in [1.807, 2.05) is 46.6 Å². The molecule has 0 spiro atoms. The van der Waals surface area contributed by atoms with Gasteiger partial charge in [-0.1, -0.05) is 20.8 Å². The number of hydrogen-bond donors (Lipinski definition) is 3. The summed E-state index contributed by atoms with van der Waals surface area (Å²) in [5.41, 5.74) is -2.66. The quantitative estimate of drug-likeness (QED) is 0.458. The molecule has 0 aromatic heterocycles. The molecule has 224 valence electrons. The third-order valence-corrected chi connectivity index (χ3v) is 8.68. The number of carbonyl (C=O) groups excluding carboxylic acids is 1. The number of likely N-dealkylation sites (N-methyl/N-ethyl adjacent to an activating group) is 1. The van der Waals surface area contributed by atoms with Crippen molar-refractivity contribution in [2.45, 2.75) is 142 Å². The first-order valence-electron chi connectivity index (χ1n) is 14.4. The van der Waals surface area contributed by atoms with Gasteiger partial charge in [0.25, 0.3) is 0 Å². The van der Waals surface area contributed by atoms with Crippen molar-refractivity contribution < 1.29 is 39.1 Å². The summed E-state index contributed by atoms with van der Waals surface area (Å²) >= 11 is 0. The van der Waals surface area contributed by atoms with Crippen molar-refractivity contribution in [3.63, 3.8) is 0 Å². The van der Waals surface area contributed by atoms with Crippen LogP contribution < -0.4 is 0 Å². The molecule has 0 amide bonds. The topological polar surface area (TPSA) is 118 Å². The van der Waals surface area contributed by atoms with E-state index >= 15 is 0 Å². The molecule has 2 aliphatic heterocycles. The van der Waals surface area contributed by atoms with E-state index in [-0.39, 0.29) is 24.0 Å². The van der Waals surface area contributed by atoms with Gasteiger partial charge in [0.1, 0.15) is 17.8 Å². The van der Waals surface area contributed by atoms with Crippen molar-refractivity contribution in [3.8, 4) is 0 Å². The lowest BCUT2D eigenvalue weighted by Crippen LogP contribution is -2.59. The van der Waals surface area contributed by atoms with Crippen molar-refractivity contribution in [2.75, 3.05) is 20.7 Å². The van der Waals surface area contributed by atoms with Crippen LogP contribution in [0.4, 0.5) is 0 Å². The fraction of sp³-hybridized carbons (Fsp3) is 0.966. The molecule has 38 heavy (non-hydrogen) atoms. The smallest absolute Gasteiger partial charge is 0.311 e. The molecule has 2 fully saturated rings. The molecule has 9 heteroatoms. The van der Waals surface area contributed by atoms with Crippen LogP contribution in [0.2, 0.25) is 0 Å². The van der Waals surface area contributed by atoms with E-state index in [0.29, 0.717) is 32.2 Å². The highest BCUT2D eigenvalue weighted by Gasteiger charge is 2.46. The van der Waals surface area contributed by atoms with Gasteiger partial charge in [-0.15, -0.1) is 0 Å². The fourth-order valence-corrected chi connectivity index (χ4v) is 6.54. The van der Waals surface area contributed by atoms with Gasteiger partial charge in [-0.05, 0) is 79.2 Å². The second-order valence-electron chi connectivity index (χ2n) is 12.8. The molecule has 0 aromatic carbocycles. The molecular weight excluding hydrogens is 490 g/mol. The summed E-state index contributed by atoms with van der Waals surface area (Å²) in [6, 6.07) is -0.401. The van der Waals surface area contributed by atoms with E-state index in [0.717, 1.165) is 6.42 Å². The van der Waals surface area contributed by atoms with Gasteiger partial charge in [-0.3, -0.25) is 4.79 Å². The first-order chi connectivity index (χ1) is 17.5.